The predicted molar refractivity (Wildman–Crippen MR) is 75.7 cm³/mol. The molecule has 1 N–H and O–H groups in total. The smallest absolute Gasteiger partial charge is 0.0762 e. The predicted octanol–water partition coefficient (Wildman–Crippen LogP) is 2.36. The SMILES string of the molecule is CC[C@@H](C)n1nccc1CNCc1ccn(CC)n1. The third-order valence-electron chi connectivity index (χ3n) is 3.39. The lowest BCUT2D eigenvalue weighted by atomic mass is 10.2. The molecule has 0 bridgehead atoms. The van der Waals surface area contributed by atoms with Crippen LogP contribution in [0.15, 0.2) is 24.5 Å². The molecule has 0 unspecified atom stereocenters. The van der Waals surface area contributed by atoms with E-state index in [1.165, 1.54) is 5.69 Å². The molecule has 0 radical (unpaired) electrons. The molecule has 0 aliphatic rings. The summed E-state index contributed by atoms with van der Waals surface area (Å²) in [6.45, 7) is 9.00. The van der Waals surface area contributed by atoms with Gasteiger partial charge in [-0.05, 0) is 32.4 Å². The van der Waals surface area contributed by atoms with Crippen molar-refractivity contribution in [2.75, 3.05) is 0 Å². The molecule has 2 aromatic heterocycles. The summed E-state index contributed by atoms with van der Waals surface area (Å²) in [5, 5.41) is 12.3. The zero-order valence-corrected chi connectivity index (χ0v) is 12.0. The first-order valence-corrected chi connectivity index (χ1v) is 7.00. The summed E-state index contributed by atoms with van der Waals surface area (Å²) in [5.74, 6) is 0. The Bertz CT molecular complexity index is 499. The van der Waals surface area contributed by atoms with Crippen LogP contribution in [-0.2, 0) is 19.6 Å². The average molecular weight is 261 g/mol. The minimum Gasteiger partial charge on any atom is -0.305 e. The van der Waals surface area contributed by atoms with Crippen molar-refractivity contribution in [2.45, 2.75) is 52.9 Å². The number of aryl methyl sites for hydroxylation is 1. The second-order valence-electron chi connectivity index (χ2n) is 4.79. The van der Waals surface area contributed by atoms with Gasteiger partial charge in [-0.15, -0.1) is 0 Å². The Kier molecular flexibility index (Phi) is 4.74. The number of nitrogens with zero attached hydrogens (tertiary/aromatic N) is 4. The summed E-state index contributed by atoms with van der Waals surface area (Å²) in [6.07, 6.45) is 4.98. The number of hydrogen-bond acceptors (Lipinski definition) is 3. The molecule has 0 spiro atoms. The van der Waals surface area contributed by atoms with E-state index in [0.29, 0.717) is 6.04 Å². The number of nitrogens with one attached hydrogen (secondary N) is 1. The minimum atomic E-state index is 0.450. The molecule has 0 saturated heterocycles. The van der Waals surface area contributed by atoms with E-state index in [4.69, 9.17) is 0 Å². The lowest BCUT2D eigenvalue weighted by Gasteiger charge is -2.13. The molecule has 0 saturated carbocycles. The van der Waals surface area contributed by atoms with Gasteiger partial charge in [-0.25, -0.2) is 0 Å². The van der Waals surface area contributed by atoms with Gasteiger partial charge in [0.1, 0.15) is 0 Å². The Hall–Kier alpha value is -1.62. The summed E-state index contributed by atoms with van der Waals surface area (Å²) in [5.41, 5.74) is 2.31. The average Bonchev–Trinajstić information content (AvgIpc) is 3.06. The van der Waals surface area contributed by atoms with Crippen molar-refractivity contribution in [3.63, 3.8) is 0 Å². The summed E-state index contributed by atoms with van der Waals surface area (Å²) in [4.78, 5) is 0. The third-order valence-corrected chi connectivity index (χ3v) is 3.39. The third kappa shape index (κ3) is 3.44. The van der Waals surface area contributed by atoms with Gasteiger partial charge in [-0.1, -0.05) is 6.92 Å². The molecule has 2 rings (SSSR count). The lowest BCUT2D eigenvalue weighted by molar-refractivity contribution is 0.451. The zero-order chi connectivity index (χ0) is 13.7. The summed E-state index contributed by atoms with van der Waals surface area (Å²) in [6, 6.07) is 4.58. The maximum atomic E-state index is 4.45. The van der Waals surface area contributed by atoms with Crippen LogP contribution >= 0.6 is 0 Å². The molecule has 104 valence electrons. The first-order valence-electron chi connectivity index (χ1n) is 7.00. The van der Waals surface area contributed by atoms with Gasteiger partial charge in [0.25, 0.3) is 0 Å². The molecule has 5 heteroatoms. The molecule has 0 aliphatic carbocycles. The van der Waals surface area contributed by atoms with Crippen molar-refractivity contribution >= 4 is 0 Å². The Morgan fingerprint density at radius 2 is 2.11 bits per heavy atom. The Morgan fingerprint density at radius 1 is 1.26 bits per heavy atom. The summed E-state index contributed by atoms with van der Waals surface area (Å²) < 4.78 is 4.04. The van der Waals surface area contributed by atoms with E-state index in [0.717, 1.165) is 31.7 Å². The molecule has 0 amide bonds. The monoisotopic (exact) mass is 261 g/mol. The van der Waals surface area contributed by atoms with Crippen LogP contribution in [0, 0.1) is 0 Å². The van der Waals surface area contributed by atoms with Crippen LogP contribution in [0.3, 0.4) is 0 Å². The Balaban J connectivity index is 1.87. The molecule has 0 aliphatic heterocycles. The van der Waals surface area contributed by atoms with Gasteiger partial charge in [-0.2, -0.15) is 10.2 Å². The highest BCUT2D eigenvalue weighted by molar-refractivity contribution is 5.03. The molecular weight excluding hydrogens is 238 g/mol. The van der Waals surface area contributed by atoms with Crippen molar-refractivity contribution in [2.24, 2.45) is 0 Å². The molecule has 2 heterocycles. The van der Waals surface area contributed by atoms with Crippen LogP contribution < -0.4 is 5.32 Å². The topological polar surface area (TPSA) is 47.7 Å². The second-order valence-corrected chi connectivity index (χ2v) is 4.79. The first-order chi connectivity index (χ1) is 9.24. The lowest BCUT2D eigenvalue weighted by Crippen LogP contribution is -2.18. The van der Waals surface area contributed by atoms with Crippen LogP contribution in [0.5, 0.6) is 0 Å². The minimum absolute atomic E-state index is 0.450. The largest absolute Gasteiger partial charge is 0.305 e. The molecule has 0 aromatic carbocycles. The van der Waals surface area contributed by atoms with Crippen LogP contribution in [0.2, 0.25) is 0 Å². The maximum absolute atomic E-state index is 4.45. The number of hydrogen-bond donors (Lipinski definition) is 1. The first kappa shape index (κ1) is 13.8. The van der Waals surface area contributed by atoms with Crippen LogP contribution in [0.4, 0.5) is 0 Å². The van der Waals surface area contributed by atoms with Crippen molar-refractivity contribution in [3.05, 3.63) is 35.9 Å². The Labute approximate surface area is 114 Å². The fourth-order valence-corrected chi connectivity index (χ4v) is 2.04. The van der Waals surface area contributed by atoms with E-state index in [1.807, 2.05) is 17.1 Å². The van der Waals surface area contributed by atoms with E-state index >= 15 is 0 Å². The van der Waals surface area contributed by atoms with Gasteiger partial charge in [0.2, 0.25) is 0 Å². The fourth-order valence-electron chi connectivity index (χ4n) is 2.04. The zero-order valence-electron chi connectivity index (χ0n) is 12.0. The number of rotatable bonds is 7. The molecule has 5 nitrogen and oxygen atoms in total. The van der Waals surface area contributed by atoms with Gasteiger partial charge < -0.3 is 5.32 Å². The second kappa shape index (κ2) is 6.52. The van der Waals surface area contributed by atoms with Crippen LogP contribution in [-0.4, -0.2) is 19.6 Å². The van der Waals surface area contributed by atoms with E-state index in [9.17, 15) is 0 Å². The normalized spacial score (nSPS) is 12.8. The molecule has 19 heavy (non-hydrogen) atoms. The van der Waals surface area contributed by atoms with Crippen LogP contribution in [0.25, 0.3) is 0 Å². The van der Waals surface area contributed by atoms with Crippen molar-refractivity contribution in [1.82, 2.24) is 24.9 Å². The quantitative estimate of drug-likeness (QED) is 0.832. The van der Waals surface area contributed by atoms with Crippen molar-refractivity contribution in [1.29, 1.82) is 0 Å². The molecule has 2 aromatic rings. The van der Waals surface area contributed by atoms with Crippen molar-refractivity contribution < 1.29 is 0 Å². The maximum Gasteiger partial charge on any atom is 0.0762 e. The van der Waals surface area contributed by atoms with Gasteiger partial charge >= 0.3 is 0 Å². The molecule has 1 atom stereocenters. The van der Waals surface area contributed by atoms with Gasteiger partial charge in [0.15, 0.2) is 0 Å². The highest BCUT2D eigenvalue weighted by Gasteiger charge is 2.08. The standard InChI is InChI=1S/C14H23N5/c1-4-12(3)19-14(6-8-16-19)11-15-10-13-7-9-18(5-2)17-13/h6-9,12,15H,4-5,10-11H2,1-3H3/t12-/m1/s1. The van der Waals surface area contributed by atoms with Gasteiger partial charge in [-0.3, -0.25) is 9.36 Å². The van der Waals surface area contributed by atoms with E-state index in [1.54, 1.807) is 0 Å². The highest BCUT2D eigenvalue weighted by Crippen LogP contribution is 2.12. The van der Waals surface area contributed by atoms with Crippen LogP contribution in [0.1, 0.15) is 44.6 Å². The van der Waals surface area contributed by atoms with E-state index in [-0.39, 0.29) is 0 Å². The Morgan fingerprint density at radius 3 is 2.79 bits per heavy atom. The molecule has 0 fully saturated rings. The van der Waals surface area contributed by atoms with Crippen molar-refractivity contribution in [3.8, 4) is 0 Å². The molecular formula is C14H23N5. The van der Waals surface area contributed by atoms with E-state index in [2.05, 4.69) is 53.1 Å². The fraction of sp³-hybridized carbons (Fsp3) is 0.571. The summed E-state index contributed by atoms with van der Waals surface area (Å²) in [7, 11) is 0. The number of aromatic nitrogens is 4. The highest BCUT2D eigenvalue weighted by atomic mass is 15.3. The van der Waals surface area contributed by atoms with E-state index < -0.39 is 0 Å². The summed E-state index contributed by atoms with van der Waals surface area (Å²) >= 11 is 0. The van der Waals surface area contributed by atoms with Gasteiger partial charge in [0.05, 0.1) is 11.4 Å². The van der Waals surface area contributed by atoms with Gasteiger partial charge in [0, 0.05) is 38.1 Å².